The van der Waals surface area contributed by atoms with E-state index >= 15 is 0 Å². The Bertz CT molecular complexity index is 197. The van der Waals surface area contributed by atoms with Crippen LogP contribution >= 0.6 is 0 Å². The van der Waals surface area contributed by atoms with Gasteiger partial charge in [0.05, 0.1) is 0 Å². The van der Waals surface area contributed by atoms with Gasteiger partial charge in [-0.2, -0.15) is 0 Å². The number of nitrogens with one attached hydrogen (secondary N) is 1. The summed E-state index contributed by atoms with van der Waals surface area (Å²) in [6, 6.07) is 1.64. The molecule has 1 heterocycles. The minimum Gasteiger partial charge on any atom is -0.311 e. The molecule has 0 aromatic carbocycles. The lowest BCUT2D eigenvalue weighted by molar-refractivity contribution is 0.198. The predicted molar refractivity (Wildman–Crippen MR) is 69.7 cm³/mol. The zero-order valence-corrected chi connectivity index (χ0v) is 11.0. The van der Waals surface area contributed by atoms with Crippen molar-refractivity contribution in [2.45, 2.75) is 64.5 Å². The molecular formula is C14H28N2. The molecule has 16 heavy (non-hydrogen) atoms. The van der Waals surface area contributed by atoms with Crippen LogP contribution in [0.5, 0.6) is 0 Å². The van der Waals surface area contributed by atoms with Gasteiger partial charge < -0.3 is 10.2 Å². The maximum atomic E-state index is 3.90. The van der Waals surface area contributed by atoms with Gasteiger partial charge in [0.15, 0.2) is 0 Å². The molecule has 0 radical (unpaired) electrons. The van der Waals surface area contributed by atoms with Crippen LogP contribution in [0.1, 0.15) is 52.4 Å². The van der Waals surface area contributed by atoms with Gasteiger partial charge >= 0.3 is 0 Å². The molecule has 2 aliphatic rings. The highest BCUT2D eigenvalue weighted by Gasteiger charge is 2.26. The summed E-state index contributed by atoms with van der Waals surface area (Å²) in [5.74, 6) is 1.01. The highest BCUT2D eigenvalue weighted by molar-refractivity contribution is 4.85. The molecule has 0 aromatic heterocycles. The lowest BCUT2D eigenvalue weighted by Gasteiger charge is -2.33. The summed E-state index contributed by atoms with van der Waals surface area (Å²) in [6.07, 6.45) is 8.42. The van der Waals surface area contributed by atoms with Crippen LogP contribution in [0.3, 0.4) is 0 Å². The van der Waals surface area contributed by atoms with Crippen LogP contribution < -0.4 is 5.32 Å². The number of rotatable bonds is 4. The highest BCUT2D eigenvalue weighted by atomic mass is 15.1. The van der Waals surface area contributed by atoms with Crippen LogP contribution in [-0.4, -0.2) is 36.6 Å². The zero-order chi connectivity index (χ0) is 11.4. The van der Waals surface area contributed by atoms with Crippen LogP contribution in [0, 0.1) is 5.92 Å². The van der Waals surface area contributed by atoms with Crippen molar-refractivity contribution in [1.29, 1.82) is 0 Å². The quantitative estimate of drug-likeness (QED) is 0.790. The fraction of sp³-hybridized carbons (Fsp3) is 1.00. The summed E-state index contributed by atoms with van der Waals surface area (Å²) in [6.45, 7) is 8.45. The van der Waals surface area contributed by atoms with Crippen LogP contribution in [0.25, 0.3) is 0 Å². The summed E-state index contributed by atoms with van der Waals surface area (Å²) in [5, 5.41) is 3.90. The molecule has 0 bridgehead atoms. The average molecular weight is 224 g/mol. The Morgan fingerprint density at radius 3 is 2.31 bits per heavy atom. The third-order valence-electron chi connectivity index (χ3n) is 4.62. The normalized spacial score (nSPS) is 33.4. The Hall–Kier alpha value is -0.0800. The van der Waals surface area contributed by atoms with Crippen molar-refractivity contribution in [3.8, 4) is 0 Å². The van der Waals surface area contributed by atoms with E-state index in [1.54, 1.807) is 0 Å². The van der Waals surface area contributed by atoms with Gasteiger partial charge in [-0.1, -0.05) is 20.3 Å². The first-order valence-electron chi connectivity index (χ1n) is 7.30. The fourth-order valence-electron chi connectivity index (χ4n) is 3.35. The van der Waals surface area contributed by atoms with E-state index in [0.717, 1.165) is 18.0 Å². The predicted octanol–water partition coefficient (Wildman–Crippen LogP) is 2.64. The van der Waals surface area contributed by atoms with Crippen LogP contribution in [-0.2, 0) is 0 Å². The van der Waals surface area contributed by atoms with E-state index in [-0.39, 0.29) is 0 Å². The lowest BCUT2D eigenvalue weighted by Crippen LogP contribution is -2.45. The smallest absolute Gasteiger partial charge is 0.00940 e. The molecule has 2 fully saturated rings. The largest absolute Gasteiger partial charge is 0.311 e. The second kappa shape index (κ2) is 6.02. The Morgan fingerprint density at radius 1 is 1.00 bits per heavy atom. The van der Waals surface area contributed by atoms with E-state index in [9.17, 15) is 0 Å². The topological polar surface area (TPSA) is 15.3 Å². The SMILES string of the molecule is CCC1CCC(NC2CCN(CC)CC2)C1. The van der Waals surface area contributed by atoms with Crippen molar-refractivity contribution in [1.82, 2.24) is 10.2 Å². The van der Waals surface area contributed by atoms with Gasteiger partial charge in [-0.05, 0) is 57.7 Å². The van der Waals surface area contributed by atoms with E-state index in [1.807, 2.05) is 0 Å². The van der Waals surface area contributed by atoms with E-state index < -0.39 is 0 Å². The van der Waals surface area contributed by atoms with E-state index in [1.165, 1.54) is 58.2 Å². The number of likely N-dealkylation sites (tertiary alicyclic amines) is 1. The Morgan fingerprint density at radius 2 is 1.75 bits per heavy atom. The summed E-state index contributed by atoms with van der Waals surface area (Å²) >= 11 is 0. The van der Waals surface area contributed by atoms with Crippen molar-refractivity contribution in [3.05, 3.63) is 0 Å². The van der Waals surface area contributed by atoms with Crippen molar-refractivity contribution in [2.24, 2.45) is 5.92 Å². The molecular weight excluding hydrogens is 196 g/mol. The van der Waals surface area contributed by atoms with Gasteiger partial charge in [-0.3, -0.25) is 0 Å². The third-order valence-corrected chi connectivity index (χ3v) is 4.62. The third kappa shape index (κ3) is 3.21. The van der Waals surface area contributed by atoms with Gasteiger partial charge in [0.2, 0.25) is 0 Å². The summed E-state index contributed by atoms with van der Waals surface area (Å²) in [5.41, 5.74) is 0. The van der Waals surface area contributed by atoms with Crippen LogP contribution in [0.15, 0.2) is 0 Å². The minimum atomic E-state index is 0.809. The number of hydrogen-bond donors (Lipinski definition) is 1. The van der Waals surface area contributed by atoms with Crippen molar-refractivity contribution in [3.63, 3.8) is 0 Å². The molecule has 0 aromatic rings. The molecule has 1 aliphatic carbocycles. The lowest BCUT2D eigenvalue weighted by atomic mass is 10.0. The molecule has 2 unspecified atom stereocenters. The summed E-state index contributed by atoms with van der Waals surface area (Å²) < 4.78 is 0. The summed E-state index contributed by atoms with van der Waals surface area (Å²) in [4.78, 5) is 2.57. The number of nitrogens with zero attached hydrogens (tertiary/aromatic N) is 1. The number of piperidine rings is 1. The van der Waals surface area contributed by atoms with Crippen molar-refractivity contribution < 1.29 is 0 Å². The molecule has 1 saturated carbocycles. The molecule has 0 spiro atoms. The molecule has 2 nitrogen and oxygen atoms in total. The van der Waals surface area contributed by atoms with Gasteiger partial charge in [0, 0.05) is 12.1 Å². The zero-order valence-electron chi connectivity index (χ0n) is 11.0. The second-order valence-electron chi connectivity index (χ2n) is 5.66. The average Bonchev–Trinajstić information content (AvgIpc) is 2.78. The molecule has 94 valence electrons. The van der Waals surface area contributed by atoms with E-state index in [2.05, 4.69) is 24.1 Å². The minimum absolute atomic E-state index is 0.809. The van der Waals surface area contributed by atoms with E-state index in [4.69, 9.17) is 0 Å². The Labute approximate surface area is 101 Å². The molecule has 0 amide bonds. The molecule has 2 rings (SSSR count). The Kier molecular flexibility index (Phi) is 4.66. The first-order valence-corrected chi connectivity index (χ1v) is 7.30. The van der Waals surface area contributed by atoms with Gasteiger partial charge in [-0.25, -0.2) is 0 Å². The maximum absolute atomic E-state index is 3.90. The molecule has 2 atom stereocenters. The molecule has 1 saturated heterocycles. The second-order valence-corrected chi connectivity index (χ2v) is 5.66. The monoisotopic (exact) mass is 224 g/mol. The molecule has 1 aliphatic heterocycles. The Balaban J connectivity index is 1.67. The number of hydrogen-bond acceptors (Lipinski definition) is 2. The van der Waals surface area contributed by atoms with Crippen LogP contribution in [0.4, 0.5) is 0 Å². The van der Waals surface area contributed by atoms with Crippen molar-refractivity contribution in [2.75, 3.05) is 19.6 Å². The van der Waals surface area contributed by atoms with Gasteiger partial charge in [0.1, 0.15) is 0 Å². The van der Waals surface area contributed by atoms with Gasteiger partial charge in [0.25, 0.3) is 0 Å². The highest BCUT2D eigenvalue weighted by Crippen LogP contribution is 2.28. The summed E-state index contributed by atoms with van der Waals surface area (Å²) in [7, 11) is 0. The molecule has 1 N–H and O–H groups in total. The van der Waals surface area contributed by atoms with Crippen molar-refractivity contribution >= 4 is 0 Å². The maximum Gasteiger partial charge on any atom is 0.00940 e. The van der Waals surface area contributed by atoms with Crippen LogP contribution in [0.2, 0.25) is 0 Å². The van der Waals surface area contributed by atoms with E-state index in [0.29, 0.717) is 0 Å². The van der Waals surface area contributed by atoms with Gasteiger partial charge in [-0.15, -0.1) is 0 Å². The fourth-order valence-corrected chi connectivity index (χ4v) is 3.35. The first kappa shape index (κ1) is 12.4. The standard InChI is InChI=1S/C14H28N2/c1-3-12-5-6-14(11-12)15-13-7-9-16(4-2)10-8-13/h12-15H,3-11H2,1-2H3. The molecule has 2 heteroatoms. The first-order chi connectivity index (χ1) is 7.81.